The summed E-state index contributed by atoms with van der Waals surface area (Å²) in [6, 6.07) is 12.0. The van der Waals surface area contributed by atoms with Gasteiger partial charge in [-0.2, -0.15) is 4.72 Å². The van der Waals surface area contributed by atoms with Crippen molar-refractivity contribution in [2.24, 2.45) is 0 Å². The molecule has 0 fully saturated rings. The zero-order chi connectivity index (χ0) is 21.4. The van der Waals surface area contributed by atoms with E-state index in [9.17, 15) is 16.8 Å². The third kappa shape index (κ3) is 4.26. The summed E-state index contributed by atoms with van der Waals surface area (Å²) in [5.74, 6) is 0.527. The summed E-state index contributed by atoms with van der Waals surface area (Å²) in [7, 11) is -2.71. The largest absolute Gasteiger partial charge is 0.459 e. The molecule has 0 spiro atoms. The molecule has 0 aliphatic carbocycles. The Morgan fingerprint density at radius 3 is 2.63 bits per heavy atom. The highest BCUT2D eigenvalue weighted by molar-refractivity contribution is 8.16. The molecule has 11 heteroatoms. The number of nitrogens with zero attached hydrogens (tertiary/aromatic N) is 2. The third-order valence-electron chi connectivity index (χ3n) is 4.45. The molecule has 0 radical (unpaired) electrons. The number of benzene rings is 1. The first kappa shape index (κ1) is 20.6. The predicted octanol–water partition coefficient (Wildman–Crippen LogP) is 2.91. The van der Waals surface area contributed by atoms with Gasteiger partial charge in [-0.25, -0.2) is 16.8 Å². The summed E-state index contributed by atoms with van der Waals surface area (Å²) < 4.78 is 58.1. The number of rotatable bonds is 6. The Labute approximate surface area is 177 Å². The van der Waals surface area contributed by atoms with Gasteiger partial charge in [0.15, 0.2) is 0 Å². The zero-order valence-electron chi connectivity index (χ0n) is 15.3. The molecule has 0 saturated heterocycles. The predicted molar refractivity (Wildman–Crippen MR) is 112 cm³/mol. The van der Waals surface area contributed by atoms with Crippen LogP contribution >= 0.6 is 10.7 Å². The van der Waals surface area contributed by atoms with Crippen molar-refractivity contribution in [3.05, 3.63) is 83.9 Å². The fourth-order valence-electron chi connectivity index (χ4n) is 3.09. The van der Waals surface area contributed by atoms with Crippen LogP contribution in [0.25, 0.3) is 11.0 Å². The highest BCUT2D eigenvalue weighted by Crippen LogP contribution is 2.27. The minimum Gasteiger partial charge on any atom is -0.459 e. The highest BCUT2D eigenvalue weighted by atomic mass is 35.7. The number of halogens is 1. The standard InChI is InChI=1S/C19H16ClN3O5S2/c20-29(24,25)18-8-4-10-23(13-15-11-14-5-1-2-7-17(14)28-15)19(18)22-30(26,27)16-6-3-9-21-12-16/h1-12,19,22H,13H2. The molecule has 1 aliphatic rings. The highest BCUT2D eigenvalue weighted by Gasteiger charge is 2.34. The van der Waals surface area contributed by atoms with E-state index in [1.165, 1.54) is 41.6 Å². The number of aromatic nitrogens is 1. The first-order valence-corrected chi connectivity index (χ1v) is 12.5. The zero-order valence-corrected chi connectivity index (χ0v) is 17.7. The van der Waals surface area contributed by atoms with E-state index in [1.54, 1.807) is 6.20 Å². The molecule has 0 amide bonds. The Kier molecular flexibility index (Phi) is 5.41. The average Bonchev–Trinajstić information content (AvgIpc) is 3.11. The summed E-state index contributed by atoms with van der Waals surface area (Å²) in [5.41, 5.74) is 0.668. The van der Waals surface area contributed by atoms with Crippen molar-refractivity contribution < 1.29 is 21.3 Å². The molecule has 1 aromatic carbocycles. The summed E-state index contributed by atoms with van der Waals surface area (Å²) in [6.07, 6.45) is 5.64. The quantitative estimate of drug-likeness (QED) is 0.557. The van der Waals surface area contributed by atoms with Crippen LogP contribution in [0, 0.1) is 0 Å². The van der Waals surface area contributed by atoms with Gasteiger partial charge in [0.25, 0.3) is 9.05 Å². The Morgan fingerprint density at radius 1 is 1.13 bits per heavy atom. The van der Waals surface area contributed by atoms with Gasteiger partial charge in [-0.1, -0.05) is 18.2 Å². The minimum atomic E-state index is -4.21. The molecule has 1 aliphatic heterocycles. The van der Waals surface area contributed by atoms with Crippen molar-refractivity contribution in [1.82, 2.24) is 14.6 Å². The lowest BCUT2D eigenvalue weighted by molar-refractivity contribution is 0.268. The van der Waals surface area contributed by atoms with Crippen molar-refractivity contribution in [2.75, 3.05) is 0 Å². The average molecular weight is 466 g/mol. The first-order chi connectivity index (χ1) is 14.2. The Bertz CT molecular complexity index is 1320. The lowest BCUT2D eigenvalue weighted by Crippen LogP contribution is -2.48. The van der Waals surface area contributed by atoms with E-state index in [0.29, 0.717) is 11.3 Å². The molecule has 3 aromatic rings. The number of allylic oxidation sites excluding steroid dienone is 2. The second-order valence-corrected chi connectivity index (χ2v) is 10.8. The third-order valence-corrected chi connectivity index (χ3v) is 7.30. The van der Waals surface area contributed by atoms with E-state index in [0.717, 1.165) is 5.39 Å². The fraction of sp³-hybridized carbons (Fsp3) is 0.105. The molecule has 0 saturated carbocycles. The topological polar surface area (TPSA) is 110 Å². The van der Waals surface area contributed by atoms with Crippen molar-refractivity contribution in [2.45, 2.75) is 17.6 Å². The van der Waals surface area contributed by atoms with Gasteiger partial charge in [0.1, 0.15) is 22.4 Å². The molecule has 2 aromatic heterocycles. The van der Waals surface area contributed by atoms with Gasteiger partial charge in [-0.3, -0.25) is 4.98 Å². The number of furan rings is 1. The summed E-state index contributed by atoms with van der Waals surface area (Å²) in [5, 5.41) is 0.877. The van der Waals surface area contributed by atoms with Gasteiger partial charge in [0.2, 0.25) is 10.0 Å². The van der Waals surface area contributed by atoms with Crippen molar-refractivity contribution in [1.29, 1.82) is 0 Å². The van der Waals surface area contributed by atoms with Crippen LogP contribution in [-0.4, -0.2) is 32.9 Å². The molecule has 1 N–H and O–H groups in total. The second-order valence-electron chi connectivity index (χ2n) is 6.48. The number of pyridine rings is 1. The molecule has 1 unspecified atom stereocenters. The first-order valence-electron chi connectivity index (χ1n) is 8.73. The fourth-order valence-corrected chi connectivity index (χ4v) is 5.42. The number of fused-ring (bicyclic) bond motifs is 1. The Balaban J connectivity index is 1.69. The van der Waals surface area contributed by atoms with Crippen LogP contribution in [0.1, 0.15) is 5.76 Å². The molecule has 1 atom stereocenters. The van der Waals surface area contributed by atoms with Crippen LogP contribution in [0.4, 0.5) is 0 Å². The van der Waals surface area contributed by atoms with E-state index < -0.39 is 25.2 Å². The monoisotopic (exact) mass is 465 g/mol. The van der Waals surface area contributed by atoms with Crippen LogP contribution in [0.15, 0.2) is 87.4 Å². The van der Waals surface area contributed by atoms with Gasteiger partial charge in [0, 0.05) is 34.7 Å². The van der Waals surface area contributed by atoms with E-state index in [4.69, 9.17) is 15.1 Å². The molecule has 8 nitrogen and oxygen atoms in total. The lowest BCUT2D eigenvalue weighted by atomic mass is 10.2. The number of para-hydroxylation sites is 1. The van der Waals surface area contributed by atoms with Gasteiger partial charge < -0.3 is 9.32 Å². The molecule has 156 valence electrons. The van der Waals surface area contributed by atoms with E-state index in [2.05, 4.69) is 9.71 Å². The molecular formula is C19H16ClN3O5S2. The van der Waals surface area contributed by atoms with Crippen LogP contribution in [-0.2, 0) is 25.6 Å². The van der Waals surface area contributed by atoms with Crippen LogP contribution in [0.2, 0.25) is 0 Å². The van der Waals surface area contributed by atoms with Crippen molar-refractivity contribution in [3.63, 3.8) is 0 Å². The van der Waals surface area contributed by atoms with Crippen LogP contribution < -0.4 is 4.72 Å². The van der Waals surface area contributed by atoms with E-state index >= 15 is 0 Å². The summed E-state index contributed by atoms with van der Waals surface area (Å²) in [4.78, 5) is 4.89. The lowest BCUT2D eigenvalue weighted by Gasteiger charge is -2.33. The molecule has 3 heterocycles. The van der Waals surface area contributed by atoms with Gasteiger partial charge in [-0.15, -0.1) is 0 Å². The molecular weight excluding hydrogens is 450 g/mol. The van der Waals surface area contributed by atoms with Gasteiger partial charge in [0.05, 0.1) is 11.4 Å². The summed E-state index contributed by atoms with van der Waals surface area (Å²) in [6.45, 7) is 0.106. The van der Waals surface area contributed by atoms with E-state index in [1.807, 2.05) is 30.3 Å². The molecule has 0 bridgehead atoms. The number of hydrogen-bond acceptors (Lipinski definition) is 7. The van der Waals surface area contributed by atoms with Crippen LogP contribution in [0.5, 0.6) is 0 Å². The minimum absolute atomic E-state index is 0.102. The smallest absolute Gasteiger partial charge is 0.260 e. The van der Waals surface area contributed by atoms with Crippen molar-refractivity contribution in [3.8, 4) is 0 Å². The maximum absolute atomic E-state index is 12.8. The Hall–Kier alpha value is -2.66. The van der Waals surface area contributed by atoms with Gasteiger partial charge in [-0.05, 0) is 36.4 Å². The maximum atomic E-state index is 12.8. The summed E-state index contributed by atoms with van der Waals surface area (Å²) >= 11 is 0. The van der Waals surface area contributed by atoms with E-state index in [-0.39, 0.29) is 16.3 Å². The molecule has 30 heavy (non-hydrogen) atoms. The SMILES string of the molecule is O=S(=O)(Cl)C1=CC=CN(Cc2cc3ccccc3o2)C1NS(=O)(=O)c1cccnc1. The number of nitrogens with one attached hydrogen (secondary N) is 1. The molecule has 4 rings (SSSR count). The van der Waals surface area contributed by atoms with Crippen LogP contribution in [0.3, 0.4) is 0 Å². The number of hydrogen-bond donors (Lipinski definition) is 1. The van der Waals surface area contributed by atoms with Gasteiger partial charge >= 0.3 is 0 Å². The Morgan fingerprint density at radius 2 is 1.93 bits per heavy atom. The maximum Gasteiger partial charge on any atom is 0.260 e. The second kappa shape index (κ2) is 7.88. The normalized spacial score (nSPS) is 17.3. The number of sulfonamides is 1. The van der Waals surface area contributed by atoms with Crippen molar-refractivity contribution >= 4 is 40.7 Å².